The number of fused-ring (bicyclic) bond motifs is 2. The van der Waals surface area contributed by atoms with Crippen molar-refractivity contribution < 1.29 is 23.1 Å². The maximum absolute atomic E-state index is 15.0. The molecular formula is C28H30ClF2N5O3. The summed E-state index contributed by atoms with van der Waals surface area (Å²) in [5.74, 6) is -0.425. The third-order valence-electron chi connectivity index (χ3n) is 8.27. The second-order valence-electron chi connectivity index (χ2n) is 10.7. The largest absolute Gasteiger partial charge is 0.489 e. The number of aromatic nitrogens is 1. The first-order valence-electron chi connectivity index (χ1n) is 13.2. The number of benzene rings is 1. The van der Waals surface area contributed by atoms with Crippen LogP contribution in [-0.2, 0) is 4.79 Å². The van der Waals surface area contributed by atoms with Crippen LogP contribution in [0.3, 0.4) is 0 Å². The lowest BCUT2D eigenvalue weighted by atomic mass is 10.1. The van der Waals surface area contributed by atoms with Crippen molar-refractivity contribution in [3.8, 4) is 17.0 Å². The van der Waals surface area contributed by atoms with Crippen LogP contribution in [0.5, 0.6) is 5.75 Å². The van der Waals surface area contributed by atoms with Gasteiger partial charge in [-0.1, -0.05) is 30.3 Å². The van der Waals surface area contributed by atoms with Gasteiger partial charge in [0.05, 0.1) is 11.7 Å². The lowest BCUT2D eigenvalue weighted by Gasteiger charge is -2.40. The molecule has 0 radical (unpaired) electrons. The number of hydrogen-bond acceptors (Lipinski definition) is 6. The van der Waals surface area contributed by atoms with Gasteiger partial charge in [-0.05, 0) is 31.6 Å². The molecule has 1 aromatic carbocycles. The molecule has 0 N–H and O–H groups in total. The molecule has 5 heterocycles. The van der Waals surface area contributed by atoms with Gasteiger partial charge in [-0.3, -0.25) is 14.5 Å². The van der Waals surface area contributed by atoms with Gasteiger partial charge in [0.2, 0.25) is 5.91 Å². The summed E-state index contributed by atoms with van der Waals surface area (Å²) in [6, 6.07) is 5.93. The van der Waals surface area contributed by atoms with Crippen molar-refractivity contribution in [1.82, 2.24) is 19.7 Å². The van der Waals surface area contributed by atoms with E-state index in [-0.39, 0.29) is 58.1 Å². The van der Waals surface area contributed by atoms with E-state index < -0.39 is 18.0 Å². The number of anilines is 1. The fourth-order valence-corrected chi connectivity index (χ4v) is 6.42. The fraction of sp³-hybridized carbons (Fsp3) is 0.464. The normalized spacial score (nSPS) is 25.5. The molecule has 1 unspecified atom stereocenters. The predicted molar refractivity (Wildman–Crippen MR) is 143 cm³/mol. The SMILES string of the molecule is C=CC(=O)N1CCN2C(=O)c3c(N4CC(N5CC(F)C5)C[C@@H]4C)nc(-c4ccccc4F)c(Cl)c3OC[C@H]2C1. The van der Waals surface area contributed by atoms with E-state index in [4.69, 9.17) is 21.3 Å². The summed E-state index contributed by atoms with van der Waals surface area (Å²) < 4.78 is 34.8. The van der Waals surface area contributed by atoms with E-state index in [1.807, 2.05) is 11.8 Å². The van der Waals surface area contributed by atoms with E-state index in [1.54, 1.807) is 28.0 Å². The van der Waals surface area contributed by atoms with Gasteiger partial charge in [0.25, 0.3) is 5.91 Å². The van der Waals surface area contributed by atoms with Crippen molar-refractivity contribution in [1.29, 1.82) is 0 Å². The molecule has 2 amide bonds. The zero-order valence-corrected chi connectivity index (χ0v) is 22.4. The van der Waals surface area contributed by atoms with Crippen LogP contribution in [0.4, 0.5) is 14.6 Å². The Morgan fingerprint density at radius 2 is 1.92 bits per heavy atom. The second-order valence-corrected chi connectivity index (χ2v) is 11.1. The van der Waals surface area contributed by atoms with Crippen LogP contribution in [0.1, 0.15) is 23.7 Å². The predicted octanol–water partition coefficient (Wildman–Crippen LogP) is 3.39. The zero-order valence-electron chi connectivity index (χ0n) is 21.7. The van der Waals surface area contributed by atoms with E-state index in [9.17, 15) is 18.4 Å². The fourth-order valence-electron chi connectivity index (χ4n) is 6.13. The van der Waals surface area contributed by atoms with Gasteiger partial charge < -0.3 is 19.4 Å². The number of hydrogen-bond donors (Lipinski definition) is 0. The molecule has 0 spiro atoms. The van der Waals surface area contributed by atoms with Crippen LogP contribution in [0.25, 0.3) is 11.3 Å². The lowest BCUT2D eigenvalue weighted by molar-refractivity contribution is -0.128. The van der Waals surface area contributed by atoms with E-state index in [0.717, 1.165) is 6.42 Å². The van der Waals surface area contributed by atoms with Crippen LogP contribution < -0.4 is 9.64 Å². The summed E-state index contributed by atoms with van der Waals surface area (Å²) in [6.07, 6.45) is 1.23. The maximum atomic E-state index is 15.0. The standard InChI is InChI=1S/C28H30ClF2N5O3/c1-3-22(37)33-8-9-35-19(13-33)15-39-26-23(28(35)38)27(32-25(24(26)29)20-6-4-5-7-21(20)31)36-14-18(10-16(36)2)34-11-17(30)12-34/h3-7,16-19H,1,8-15H2,2H3/t16-,18?,19+/m0/s1. The maximum Gasteiger partial charge on any atom is 0.261 e. The quantitative estimate of drug-likeness (QED) is 0.537. The third kappa shape index (κ3) is 4.43. The van der Waals surface area contributed by atoms with Gasteiger partial charge in [-0.15, -0.1) is 0 Å². The Labute approximate surface area is 230 Å². The van der Waals surface area contributed by atoms with E-state index in [0.29, 0.717) is 45.1 Å². The van der Waals surface area contributed by atoms with Crippen LogP contribution in [0, 0.1) is 5.82 Å². The second kappa shape index (κ2) is 10.1. The third-order valence-corrected chi connectivity index (χ3v) is 8.63. The van der Waals surface area contributed by atoms with Gasteiger partial charge in [0.15, 0.2) is 5.75 Å². The number of carbonyl (C=O) groups excluding carboxylic acids is 2. The molecule has 3 fully saturated rings. The lowest BCUT2D eigenvalue weighted by Crippen LogP contribution is -2.57. The molecule has 0 bridgehead atoms. The van der Waals surface area contributed by atoms with Crippen molar-refractivity contribution >= 4 is 29.2 Å². The highest BCUT2D eigenvalue weighted by atomic mass is 35.5. The van der Waals surface area contributed by atoms with Crippen molar-refractivity contribution in [3.63, 3.8) is 0 Å². The smallest absolute Gasteiger partial charge is 0.261 e. The van der Waals surface area contributed by atoms with Gasteiger partial charge in [0, 0.05) is 56.9 Å². The summed E-state index contributed by atoms with van der Waals surface area (Å²) in [5.41, 5.74) is 0.646. The van der Waals surface area contributed by atoms with Crippen molar-refractivity contribution in [2.24, 2.45) is 0 Å². The molecule has 2 aromatic rings. The molecule has 8 nitrogen and oxygen atoms in total. The molecule has 6 rings (SSSR count). The number of alkyl halides is 1. The number of ether oxygens (including phenoxy) is 1. The molecule has 3 saturated heterocycles. The van der Waals surface area contributed by atoms with E-state index >= 15 is 0 Å². The molecule has 0 aliphatic carbocycles. The average molecular weight is 558 g/mol. The first-order chi connectivity index (χ1) is 18.8. The summed E-state index contributed by atoms with van der Waals surface area (Å²) in [4.78, 5) is 38.8. The molecule has 4 aliphatic rings. The monoisotopic (exact) mass is 557 g/mol. The summed E-state index contributed by atoms with van der Waals surface area (Å²) in [7, 11) is 0. The molecule has 3 atom stereocenters. The van der Waals surface area contributed by atoms with Gasteiger partial charge in [-0.25, -0.2) is 13.8 Å². The van der Waals surface area contributed by atoms with Gasteiger partial charge in [0.1, 0.15) is 35.0 Å². The number of halogens is 3. The average Bonchev–Trinajstić information content (AvgIpc) is 3.23. The molecule has 206 valence electrons. The number of nitrogens with zero attached hydrogens (tertiary/aromatic N) is 5. The van der Waals surface area contributed by atoms with Crippen LogP contribution in [0.2, 0.25) is 5.02 Å². The molecule has 4 aliphatic heterocycles. The summed E-state index contributed by atoms with van der Waals surface area (Å²) >= 11 is 6.84. The van der Waals surface area contributed by atoms with E-state index in [1.165, 1.54) is 12.1 Å². The molecule has 1 aromatic heterocycles. The van der Waals surface area contributed by atoms with Crippen molar-refractivity contribution in [2.45, 2.75) is 37.6 Å². The molecular weight excluding hydrogens is 528 g/mol. The first kappa shape index (κ1) is 26.0. The minimum Gasteiger partial charge on any atom is -0.489 e. The number of carbonyl (C=O) groups is 2. The highest BCUT2D eigenvalue weighted by Crippen LogP contribution is 2.45. The summed E-state index contributed by atoms with van der Waals surface area (Å²) in [6.45, 7) is 8.06. The molecule has 11 heteroatoms. The molecule has 39 heavy (non-hydrogen) atoms. The Morgan fingerprint density at radius 1 is 1.15 bits per heavy atom. The van der Waals surface area contributed by atoms with Crippen LogP contribution in [0.15, 0.2) is 36.9 Å². The van der Waals surface area contributed by atoms with Gasteiger partial charge >= 0.3 is 0 Å². The topological polar surface area (TPSA) is 69.2 Å². The Balaban J connectivity index is 1.44. The Bertz CT molecular complexity index is 1340. The summed E-state index contributed by atoms with van der Waals surface area (Å²) in [5, 5.41) is 0.0671. The first-order valence-corrected chi connectivity index (χ1v) is 13.6. The minimum absolute atomic E-state index is 0.00572. The number of amides is 2. The van der Waals surface area contributed by atoms with Crippen LogP contribution in [-0.4, -0.2) is 102 Å². The van der Waals surface area contributed by atoms with Gasteiger partial charge in [-0.2, -0.15) is 0 Å². The van der Waals surface area contributed by atoms with E-state index in [2.05, 4.69) is 11.5 Å². The number of likely N-dealkylation sites (tertiary alicyclic amines) is 1. The Morgan fingerprint density at radius 3 is 2.64 bits per heavy atom. The van der Waals surface area contributed by atoms with Crippen molar-refractivity contribution in [3.05, 3.63) is 53.3 Å². The highest BCUT2D eigenvalue weighted by molar-refractivity contribution is 6.35. The minimum atomic E-state index is -0.814. The highest BCUT2D eigenvalue weighted by Gasteiger charge is 2.44. The Kier molecular flexibility index (Phi) is 6.71. The number of rotatable bonds is 4. The number of pyridine rings is 1. The van der Waals surface area contributed by atoms with Crippen LogP contribution >= 0.6 is 11.6 Å². The number of piperazine rings is 1. The van der Waals surface area contributed by atoms with Crippen molar-refractivity contribution in [2.75, 3.05) is 50.8 Å². The zero-order chi connectivity index (χ0) is 27.4. The Hall–Kier alpha value is -3.24. The molecule has 0 saturated carbocycles.